The molecule has 1 atom stereocenters. The van der Waals surface area contributed by atoms with Gasteiger partial charge in [0, 0.05) is 17.1 Å². The van der Waals surface area contributed by atoms with Crippen molar-refractivity contribution in [3.63, 3.8) is 0 Å². The molecule has 2 heterocycles. The molecule has 0 spiro atoms. The molecule has 1 unspecified atom stereocenters. The van der Waals surface area contributed by atoms with E-state index in [1.165, 1.54) is 12.3 Å². The summed E-state index contributed by atoms with van der Waals surface area (Å²) >= 11 is 1.59. The second kappa shape index (κ2) is 6.33. The third-order valence-corrected chi connectivity index (χ3v) is 3.96. The highest BCUT2D eigenvalue weighted by molar-refractivity contribution is 7.10. The lowest BCUT2D eigenvalue weighted by Crippen LogP contribution is -2.17. The molecular formula is C14H14N4O2S. The van der Waals surface area contributed by atoms with Crippen molar-refractivity contribution in [1.82, 2.24) is 4.98 Å². The van der Waals surface area contributed by atoms with Crippen molar-refractivity contribution in [1.29, 1.82) is 5.26 Å². The Bertz CT molecular complexity index is 677. The summed E-state index contributed by atoms with van der Waals surface area (Å²) < 4.78 is 0. The minimum Gasteiger partial charge on any atom is -0.356 e. The van der Waals surface area contributed by atoms with E-state index in [1.54, 1.807) is 11.3 Å². The van der Waals surface area contributed by atoms with E-state index < -0.39 is 4.92 Å². The van der Waals surface area contributed by atoms with Gasteiger partial charge in [0.25, 0.3) is 0 Å². The number of aromatic nitrogens is 1. The van der Waals surface area contributed by atoms with E-state index >= 15 is 0 Å². The van der Waals surface area contributed by atoms with Gasteiger partial charge in [0.15, 0.2) is 0 Å². The molecule has 2 aromatic heterocycles. The predicted molar refractivity (Wildman–Crippen MR) is 81.1 cm³/mol. The molecule has 1 N–H and O–H groups in total. The van der Waals surface area contributed by atoms with Crippen LogP contribution in [-0.2, 0) is 0 Å². The molecular weight excluding hydrogens is 288 g/mol. The molecule has 6 nitrogen and oxygen atoms in total. The van der Waals surface area contributed by atoms with Crippen molar-refractivity contribution in [2.75, 3.05) is 5.32 Å². The van der Waals surface area contributed by atoms with Crippen LogP contribution >= 0.6 is 11.3 Å². The number of nitriles is 1. The maximum absolute atomic E-state index is 11.1. The molecule has 0 fully saturated rings. The number of pyridine rings is 1. The fourth-order valence-corrected chi connectivity index (χ4v) is 2.90. The Labute approximate surface area is 126 Å². The number of anilines is 1. The highest BCUT2D eigenvalue weighted by atomic mass is 32.1. The van der Waals surface area contributed by atoms with Crippen LogP contribution in [-0.4, -0.2) is 9.91 Å². The summed E-state index contributed by atoms with van der Waals surface area (Å²) in [7, 11) is 0. The highest BCUT2D eigenvalue weighted by Gasteiger charge is 2.23. The molecule has 108 valence electrons. The molecule has 0 bridgehead atoms. The minimum absolute atomic E-state index is 0.0656. The zero-order valence-corrected chi connectivity index (χ0v) is 12.4. The van der Waals surface area contributed by atoms with Gasteiger partial charge in [-0.05, 0) is 17.4 Å². The van der Waals surface area contributed by atoms with E-state index in [0.29, 0.717) is 0 Å². The molecule has 2 rings (SSSR count). The lowest BCUT2D eigenvalue weighted by Gasteiger charge is -2.21. The number of rotatable bonds is 5. The first-order chi connectivity index (χ1) is 10.0. The fourth-order valence-electron chi connectivity index (χ4n) is 1.95. The first kappa shape index (κ1) is 14.9. The highest BCUT2D eigenvalue weighted by Crippen LogP contribution is 2.32. The molecule has 0 amide bonds. The van der Waals surface area contributed by atoms with E-state index in [2.05, 4.69) is 10.3 Å². The Balaban J connectivity index is 2.37. The summed E-state index contributed by atoms with van der Waals surface area (Å²) in [6, 6.07) is 6.96. The van der Waals surface area contributed by atoms with Crippen molar-refractivity contribution >= 4 is 22.8 Å². The monoisotopic (exact) mass is 302 g/mol. The van der Waals surface area contributed by atoms with Gasteiger partial charge in [-0.1, -0.05) is 19.9 Å². The molecule has 0 aliphatic rings. The Morgan fingerprint density at radius 2 is 2.29 bits per heavy atom. The number of nitrogens with one attached hydrogen (secondary N) is 1. The van der Waals surface area contributed by atoms with Crippen LogP contribution < -0.4 is 5.32 Å². The molecule has 0 saturated heterocycles. The van der Waals surface area contributed by atoms with Crippen LogP contribution in [0.4, 0.5) is 11.5 Å². The lowest BCUT2D eigenvalue weighted by molar-refractivity contribution is -0.384. The summed E-state index contributed by atoms with van der Waals surface area (Å²) in [5.74, 6) is 0.423. The summed E-state index contributed by atoms with van der Waals surface area (Å²) in [6.45, 7) is 4.07. The quantitative estimate of drug-likeness (QED) is 0.671. The van der Waals surface area contributed by atoms with Crippen LogP contribution in [0.3, 0.4) is 0 Å². The predicted octanol–water partition coefficient (Wildman–Crippen LogP) is 3.73. The van der Waals surface area contributed by atoms with Crippen molar-refractivity contribution in [3.8, 4) is 6.07 Å². The van der Waals surface area contributed by atoms with E-state index in [-0.39, 0.29) is 29.0 Å². The fraction of sp³-hybridized carbons (Fsp3) is 0.286. The van der Waals surface area contributed by atoms with Crippen molar-refractivity contribution in [2.45, 2.75) is 19.9 Å². The van der Waals surface area contributed by atoms with E-state index in [1.807, 2.05) is 37.4 Å². The number of hydrogen-bond acceptors (Lipinski definition) is 6. The molecule has 0 radical (unpaired) electrons. The van der Waals surface area contributed by atoms with Crippen LogP contribution in [0.1, 0.15) is 30.3 Å². The van der Waals surface area contributed by atoms with E-state index in [4.69, 9.17) is 5.26 Å². The van der Waals surface area contributed by atoms with Gasteiger partial charge in [0.2, 0.25) is 5.82 Å². The first-order valence-electron chi connectivity index (χ1n) is 6.37. The molecule has 2 aromatic rings. The van der Waals surface area contributed by atoms with Crippen molar-refractivity contribution in [2.24, 2.45) is 5.92 Å². The Kier molecular flexibility index (Phi) is 4.50. The number of hydrogen-bond donors (Lipinski definition) is 1. The average Bonchev–Trinajstić information content (AvgIpc) is 2.98. The topological polar surface area (TPSA) is 91.8 Å². The standard InChI is InChI=1S/C14H14N4O2S/c1-9(2)13(12-4-3-5-21-12)17-14-11(18(19)20)6-10(7-15)8-16-14/h3-6,8-9,13H,1-2H3,(H,16,17). The second-order valence-electron chi connectivity index (χ2n) is 4.84. The van der Waals surface area contributed by atoms with Gasteiger partial charge in [-0.25, -0.2) is 4.98 Å². The Hall–Kier alpha value is -2.46. The molecule has 7 heteroatoms. The van der Waals surface area contributed by atoms with Crippen LogP contribution in [0.25, 0.3) is 0 Å². The Morgan fingerprint density at radius 1 is 1.52 bits per heavy atom. The van der Waals surface area contributed by atoms with Crippen molar-refractivity contribution in [3.05, 3.63) is 50.3 Å². The lowest BCUT2D eigenvalue weighted by atomic mass is 10.0. The van der Waals surface area contributed by atoms with Gasteiger partial charge in [-0.3, -0.25) is 10.1 Å². The summed E-state index contributed by atoms with van der Waals surface area (Å²) in [5, 5.41) is 25.1. The van der Waals surface area contributed by atoms with Gasteiger partial charge in [-0.2, -0.15) is 5.26 Å². The van der Waals surface area contributed by atoms with Gasteiger partial charge >= 0.3 is 5.69 Å². The largest absolute Gasteiger partial charge is 0.356 e. The summed E-state index contributed by atoms with van der Waals surface area (Å²) in [6.07, 6.45) is 1.33. The number of nitro groups is 1. The Morgan fingerprint density at radius 3 is 2.81 bits per heavy atom. The number of thiophene rings is 1. The minimum atomic E-state index is -0.526. The molecule has 0 aromatic carbocycles. The molecule has 0 saturated carbocycles. The normalized spacial score (nSPS) is 11.9. The first-order valence-corrected chi connectivity index (χ1v) is 7.25. The zero-order chi connectivity index (χ0) is 15.4. The molecule has 0 aliphatic carbocycles. The van der Waals surface area contributed by atoms with Gasteiger partial charge in [0.05, 0.1) is 16.5 Å². The smallest absolute Gasteiger partial charge is 0.312 e. The van der Waals surface area contributed by atoms with Gasteiger partial charge in [0.1, 0.15) is 6.07 Å². The van der Waals surface area contributed by atoms with Crippen LogP contribution in [0.15, 0.2) is 29.8 Å². The van der Waals surface area contributed by atoms with Crippen LogP contribution in [0.2, 0.25) is 0 Å². The maximum Gasteiger partial charge on any atom is 0.312 e. The molecule has 0 aliphatic heterocycles. The SMILES string of the molecule is CC(C)C(Nc1ncc(C#N)cc1[N+](=O)[O-])c1cccs1. The van der Waals surface area contributed by atoms with E-state index in [9.17, 15) is 10.1 Å². The van der Waals surface area contributed by atoms with Crippen molar-refractivity contribution < 1.29 is 4.92 Å². The maximum atomic E-state index is 11.1. The summed E-state index contributed by atoms with van der Waals surface area (Å²) in [4.78, 5) is 15.7. The number of nitrogens with zero attached hydrogens (tertiary/aromatic N) is 3. The summed E-state index contributed by atoms with van der Waals surface area (Å²) in [5.41, 5.74) is -0.0132. The van der Waals surface area contributed by atoms with Crippen LogP contribution in [0.5, 0.6) is 0 Å². The van der Waals surface area contributed by atoms with Gasteiger partial charge in [-0.15, -0.1) is 11.3 Å². The third-order valence-electron chi connectivity index (χ3n) is 3.00. The van der Waals surface area contributed by atoms with Crippen LogP contribution in [0, 0.1) is 27.4 Å². The second-order valence-corrected chi connectivity index (χ2v) is 5.82. The zero-order valence-electron chi connectivity index (χ0n) is 11.6. The van der Waals surface area contributed by atoms with E-state index in [0.717, 1.165) is 4.88 Å². The average molecular weight is 302 g/mol. The van der Waals surface area contributed by atoms with Gasteiger partial charge < -0.3 is 5.32 Å². The molecule has 21 heavy (non-hydrogen) atoms. The third kappa shape index (κ3) is 3.35.